The predicted octanol–water partition coefficient (Wildman–Crippen LogP) is 4.39. The van der Waals surface area contributed by atoms with Gasteiger partial charge in [-0.3, -0.25) is 0 Å². The highest BCUT2D eigenvalue weighted by Gasteiger charge is 2.36. The Morgan fingerprint density at radius 3 is 1.91 bits per heavy atom. The molecule has 4 heteroatoms. The number of rotatable bonds is 5. The van der Waals surface area contributed by atoms with Crippen molar-refractivity contribution in [2.24, 2.45) is 5.41 Å². The second kappa shape index (κ2) is 7.82. The minimum atomic E-state index is -0.796. The number of benzene rings is 1. The molecule has 23 heavy (non-hydrogen) atoms. The zero-order valence-electron chi connectivity index (χ0n) is 15.4. The third-order valence-corrected chi connectivity index (χ3v) is 3.85. The average Bonchev–Trinajstić information content (AvgIpc) is 2.43. The summed E-state index contributed by atoms with van der Waals surface area (Å²) in [6, 6.07) is 9.49. The van der Waals surface area contributed by atoms with Crippen molar-refractivity contribution in [2.75, 3.05) is 0 Å². The summed E-state index contributed by atoms with van der Waals surface area (Å²) in [5.41, 5.74) is 0.400. The second-order valence-electron chi connectivity index (χ2n) is 7.62. The zero-order valence-corrected chi connectivity index (χ0v) is 15.4. The lowest BCUT2D eigenvalue weighted by Crippen LogP contribution is -2.45. The standard InChI is InChI=1S/C19H31NO3/c1-13(2)20(14(3)4)18(22)23-16(17(21)19(5,6)7)15-11-9-8-10-12-15/h8-14,16-17,21H,1-7H3/t16-,17+/m0/s1. The summed E-state index contributed by atoms with van der Waals surface area (Å²) in [4.78, 5) is 14.3. The fraction of sp³-hybridized carbons (Fsp3) is 0.632. The van der Waals surface area contributed by atoms with Gasteiger partial charge in [0, 0.05) is 12.1 Å². The van der Waals surface area contributed by atoms with Gasteiger partial charge in [-0.15, -0.1) is 0 Å². The van der Waals surface area contributed by atoms with E-state index in [1.165, 1.54) is 0 Å². The van der Waals surface area contributed by atoms with Crippen LogP contribution in [-0.2, 0) is 4.74 Å². The molecule has 1 aromatic rings. The van der Waals surface area contributed by atoms with E-state index >= 15 is 0 Å². The molecule has 0 bridgehead atoms. The largest absolute Gasteiger partial charge is 0.438 e. The van der Waals surface area contributed by atoms with Crippen LogP contribution in [0.15, 0.2) is 30.3 Å². The van der Waals surface area contributed by atoms with Crippen LogP contribution in [0.2, 0.25) is 0 Å². The third kappa shape index (κ3) is 5.24. The highest BCUT2D eigenvalue weighted by atomic mass is 16.6. The van der Waals surface area contributed by atoms with Gasteiger partial charge in [0.25, 0.3) is 0 Å². The maximum absolute atomic E-state index is 12.6. The Balaban J connectivity index is 3.09. The highest BCUT2D eigenvalue weighted by molar-refractivity contribution is 5.68. The molecular formula is C19H31NO3. The van der Waals surface area contributed by atoms with Crippen LogP contribution >= 0.6 is 0 Å². The first-order chi connectivity index (χ1) is 10.6. The molecule has 2 atom stereocenters. The number of aliphatic hydroxyl groups is 1. The summed E-state index contributed by atoms with van der Waals surface area (Å²) in [5.74, 6) is 0. The molecule has 0 aliphatic carbocycles. The van der Waals surface area contributed by atoms with Crippen molar-refractivity contribution in [2.45, 2.75) is 72.8 Å². The SMILES string of the molecule is CC(C)N(C(=O)O[C@@H](c1ccccc1)[C@@H](O)C(C)(C)C)C(C)C. The van der Waals surface area contributed by atoms with Crippen molar-refractivity contribution in [3.63, 3.8) is 0 Å². The predicted molar refractivity (Wildman–Crippen MR) is 93.2 cm³/mol. The van der Waals surface area contributed by atoms with E-state index in [2.05, 4.69) is 0 Å². The number of carbonyl (C=O) groups is 1. The molecule has 0 aromatic heterocycles. The minimum Gasteiger partial charge on any atom is -0.438 e. The molecular weight excluding hydrogens is 290 g/mol. The van der Waals surface area contributed by atoms with E-state index in [9.17, 15) is 9.90 Å². The summed E-state index contributed by atoms with van der Waals surface area (Å²) in [5, 5.41) is 10.7. The molecule has 0 heterocycles. The van der Waals surface area contributed by atoms with Gasteiger partial charge in [-0.05, 0) is 38.7 Å². The lowest BCUT2D eigenvalue weighted by Gasteiger charge is -2.36. The lowest BCUT2D eigenvalue weighted by molar-refractivity contribution is -0.0646. The lowest BCUT2D eigenvalue weighted by atomic mass is 9.83. The normalized spacial score (nSPS) is 14.7. The van der Waals surface area contributed by atoms with Gasteiger partial charge in [0.05, 0.1) is 0 Å². The molecule has 0 spiro atoms. The van der Waals surface area contributed by atoms with Gasteiger partial charge in [-0.2, -0.15) is 0 Å². The number of hydrogen-bond acceptors (Lipinski definition) is 3. The van der Waals surface area contributed by atoms with Crippen LogP contribution in [0.1, 0.15) is 60.1 Å². The van der Waals surface area contributed by atoms with Gasteiger partial charge >= 0.3 is 6.09 Å². The van der Waals surface area contributed by atoms with E-state index < -0.39 is 23.7 Å². The fourth-order valence-corrected chi connectivity index (χ4v) is 2.60. The topological polar surface area (TPSA) is 49.8 Å². The van der Waals surface area contributed by atoms with Gasteiger partial charge in [0.1, 0.15) is 6.10 Å². The maximum atomic E-state index is 12.6. The van der Waals surface area contributed by atoms with Crippen LogP contribution in [0.4, 0.5) is 4.79 Å². The molecule has 0 aliphatic heterocycles. The van der Waals surface area contributed by atoms with E-state index in [-0.39, 0.29) is 12.1 Å². The van der Waals surface area contributed by atoms with E-state index in [4.69, 9.17) is 4.74 Å². The van der Waals surface area contributed by atoms with Crippen LogP contribution < -0.4 is 0 Å². The number of nitrogens with zero attached hydrogens (tertiary/aromatic N) is 1. The zero-order chi connectivity index (χ0) is 17.8. The molecule has 1 aromatic carbocycles. The minimum absolute atomic E-state index is 0.0331. The van der Waals surface area contributed by atoms with Crippen LogP contribution in [-0.4, -0.2) is 34.3 Å². The summed E-state index contributed by atoms with van der Waals surface area (Å²) in [7, 11) is 0. The van der Waals surface area contributed by atoms with Gasteiger partial charge in [0.2, 0.25) is 0 Å². The average molecular weight is 321 g/mol. The van der Waals surface area contributed by atoms with E-state index in [0.29, 0.717) is 0 Å². The van der Waals surface area contributed by atoms with E-state index in [1.807, 2.05) is 78.8 Å². The summed E-state index contributed by atoms with van der Waals surface area (Å²) in [6.07, 6.45) is -1.88. The van der Waals surface area contributed by atoms with Gasteiger partial charge in [-0.25, -0.2) is 4.79 Å². The van der Waals surface area contributed by atoms with Crippen LogP contribution in [0.3, 0.4) is 0 Å². The third-order valence-electron chi connectivity index (χ3n) is 3.85. The Bertz CT molecular complexity index is 483. The summed E-state index contributed by atoms with van der Waals surface area (Å²) < 4.78 is 5.75. The Hall–Kier alpha value is -1.55. The first-order valence-electron chi connectivity index (χ1n) is 8.27. The Kier molecular flexibility index (Phi) is 6.63. The van der Waals surface area contributed by atoms with Crippen molar-refractivity contribution >= 4 is 6.09 Å². The highest BCUT2D eigenvalue weighted by Crippen LogP contribution is 2.33. The molecule has 0 unspecified atom stereocenters. The second-order valence-corrected chi connectivity index (χ2v) is 7.62. The van der Waals surface area contributed by atoms with Crippen molar-refractivity contribution in [3.05, 3.63) is 35.9 Å². The van der Waals surface area contributed by atoms with Crippen molar-refractivity contribution in [1.82, 2.24) is 4.90 Å². The van der Waals surface area contributed by atoms with E-state index in [1.54, 1.807) is 4.90 Å². The fourth-order valence-electron chi connectivity index (χ4n) is 2.60. The number of carbonyl (C=O) groups excluding carboxylic acids is 1. The Morgan fingerprint density at radius 2 is 1.52 bits per heavy atom. The van der Waals surface area contributed by atoms with E-state index in [0.717, 1.165) is 5.56 Å². The molecule has 1 rings (SSSR count). The first-order valence-corrected chi connectivity index (χ1v) is 8.27. The molecule has 0 fully saturated rings. The maximum Gasteiger partial charge on any atom is 0.410 e. The molecule has 4 nitrogen and oxygen atoms in total. The van der Waals surface area contributed by atoms with Crippen LogP contribution in [0, 0.1) is 5.41 Å². The summed E-state index contributed by atoms with van der Waals surface area (Å²) in [6.45, 7) is 13.6. The first kappa shape index (κ1) is 19.5. The van der Waals surface area contributed by atoms with Crippen molar-refractivity contribution < 1.29 is 14.6 Å². The van der Waals surface area contributed by atoms with Crippen LogP contribution in [0.5, 0.6) is 0 Å². The molecule has 0 aliphatic rings. The molecule has 1 amide bonds. The van der Waals surface area contributed by atoms with Crippen molar-refractivity contribution in [3.8, 4) is 0 Å². The number of aliphatic hydroxyl groups excluding tert-OH is 1. The molecule has 0 saturated heterocycles. The smallest absolute Gasteiger partial charge is 0.410 e. The molecule has 130 valence electrons. The number of ether oxygens (including phenoxy) is 1. The number of amides is 1. The van der Waals surface area contributed by atoms with Gasteiger partial charge < -0.3 is 14.7 Å². The molecule has 0 radical (unpaired) electrons. The number of hydrogen-bond donors (Lipinski definition) is 1. The van der Waals surface area contributed by atoms with Crippen molar-refractivity contribution in [1.29, 1.82) is 0 Å². The summed E-state index contributed by atoms with van der Waals surface area (Å²) >= 11 is 0. The van der Waals surface area contributed by atoms with Gasteiger partial charge in [0.15, 0.2) is 6.10 Å². The Labute approximate surface area is 140 Å². The Morgan fingerprint density at radius 1 is 1.04 bits per heavy atom. The molecule has 0 saturated carbocycles. The quantitative estimate of drug-likeness (QED) is 0.875. The van der Waals surface area contributed by atoms with Crippen LogP contribution in [0.25, 0.3) is 0 Å². The monoisotopic (exact) mass is 321 g/mol. The van der Waals surface area contributed by atoms with Gasteiger partial charge in [-0.1, -0.05) is 51.1 Å². The molecule has 1 N–H and O–H groups in total.